The lowest BCUT2D eigenvalue weighted by Gasteiger charge is -2.33. The predicted octanol–water partition coefficient (Wildman–Crippen LogP) is 3.61. The third-order valence-electron chi connectivity index (χ3n) is 6.00. The highest BCUT2D eigenvalue weighted by molar-refractivity contribution is 5.27. The van der Waals surface area contributed by atoms with Gasteiger partial charge in [0.1, 0.15) is 5.75 Å². The van der Waals surface area contributed by atoms with Gasteiger partial charge in [-0.15, -0.1) is 0 Å². The fraction of sp³-hybridized carbons (Fsp3) is 0.609. The predicted molar refractivity (Wildman–Crippen MR) is 115 cm³/mol. The molecule has 1 aromatic carbocycles. The molecule has 1 aliphatic heterocycles. The summed E-state index contributed by atoms with van der Waals surface area (Å²) < 4.78 is 7.34. The van der Waals surface area contributed by atoms with E-state index >= 15 is 0 Å². The second kappa shape index (κ2) is 10.1. The Balaban J connectivity index is 1.64. The van der Waals surface area contributed by atoms with Crippen LogP contribution in [0, 0.1) is 12.8 Å². The zero-order valence-corrected chi connectivity index (χ0v) is 18.0. The van der Waals surface area contributed by atoms with Gasteiger partial charge in [-0.3, -0.25) is 9.58 Å². The first-order valence-corrected chi connectivity index (χ1v) is 10.6. The number of ether oxygens (including phenoxy) is 1. The first-order valence-electron chi connectivity index (χ1n) is 10.6. The van der Waals surface area contributed by atoms with Crippen molar-refractivity contribution in [2.75, 3.05) is 40.3 Å². The number of aryl methyl sites for hydroxylation is 2. The molecule has 5 heteroatoms. The molecule has 0 spiro atoms. The molecule has 154 valence electrons. The monoisotopic (exact) mass is 384 g/mol. The van der Waals surface area contributed by atoms with Crippen LogP contribution in [0.1, 0.15) is 36.6 Å². The number of rotatable bonds is 9. The summed E-state index contributed by atoms with van der Waals surface area (Å²) >= 11 is 0. The lowest BCUT2D eigenvalue weighted by Crippen LogP contribution is -2.37. The second-order valence-electron chi connectivity index (χ2n) is 8.18. The van der Waals surface area contributed by atoms with Gasteiger partial charge in [0.05, 0.1) is 12.8 Å². The molecule has 1 fully saturated rings. The number of hydrogen-bond donors (Lipinski definition) is 0. The Labute approximate surface area is 170 Å². The first kappa shape index (κ1) is 20.9. The van der Waals surface area contributed by atoms with Crippen molar-refractivity contribution >= 4 is 0 Å². The van der Waals surface area contributed by atoms with Gasteiger partial charge in [0.25, 0.3) is 0 Å². The van der Waals surface area contributed by atoms with Gasteiger partial charge in [-0.1, -0.05) is 12.1 Å². The molecule has 1 saturated heterocycles. The number of aromatic nitrogens is 2. The Bertz CT molecular complexity index is 717. The fourth-order valence-corrected chi connectivity index (χ4v) is 4.04. The van der Waals surface area contributed by atoms with Crippen LogP contribution in [-0.4, -0.2) is 59.9 Å². The maximum Gasteiger partial charge on any atom is 0.118 e. The average molecular weight is 385 g/mol. The van der Waals surface area contributed by atoms with Gasteiger partial charge in [0, 0.05) is 37.9 Å². The standard InChI is InChI=1S/C23H36N4O/c1-5-27-18-22(19(2)24-27)17-26(16-21-10-13-25(3)14-11-21)15-12-20-6-8-23(28-4)9-7-20/h6-9,18,21H,5,10-17H2,1-4H3. The Kier molecular flexibility index (Phi) is 7.51. The van der Waals surface area contributed by atoms with Gasteiger partial charge in [0.15, 0.2) is 0 Å². The topological polar surface area (TPSA) is 33.5 Å². The molecule has 28 heavy (non-hydrogen) atoms. The van der Waals surface area contributed by atoms with Crippen molar-refractivity contribution in [3.63, 3.8) is 0 Å². The minimum Gasteiger partial charge on any atom is -0.497 e. The van der Waals surface area contributed by atoms with Crippen molar-refractivity contribution in [2.24, 2.45) is 5.92 Å². The maximum atomic E-state index is 5.29. The smallest absolute Gasteiger partial charge is 0.118 e. The fourth-order valence-electron chi connectivity index (χ4n) is 4.04. The summed E-state index contributed by atoms with van der Waals surface area (Å²) in [6.07, 6.45) is 5.91. The van der Waals surface area contributed by atoms with Gasteiger partial charge < -0.3 is 9.64 Å². The summed E-state index contributed by atoms with van der Waals surface area (Å²) in [5.74, 6) is 1.73. The minimum atomic E-state index is 0.800. The third kappa shape index (κ3) is 5.82. The third-order valence-corrected chi connectivity index (χ3v) is 6.00. The van der Waals surface area contributed by atoms with Gasteiger partial charge in [-0.2, -0.15) is 5.10 Å². The number of likely N-dealkylation sites (tertiary alicyclic amines) is 1. The molecule has 0 unspecified atom stereocenters. The summed E-state index contributed by atoms with van der Waals surface area (Å²) in [6.45, 7) is 10.9. The van der Waals surface area contributed by atoms with Crippen LogP contribution in [0.25, 0.3) is 0 Å². The Hall–Kier alpha value is -1.85. The normalized spacial score (nSPS) is 16.0. The van der Waals surface area contributed by atoms with Crippen molar-refractivity contribution < 1.29 is 4.74 Å². The largest absolute Gasteiger partial charge is 0.497 e. The number of methoxy groups -OCH3 is 1. The molecule has 0 saturated carbocycles. The van der Waals surface area contributed by atoms with Crippen LogP contribution in [0.15, 0.2) is 30.5 Å². The summed E-state index contributed by atoms with van der Waals surface area (Å²) in [5.41, 5.74) is 3.90. The Morgan fingerprint density at radius 1 is 1.18 bits per heavy atom. The second-order valence-corrected chi connectivity index (χ2v) is 8.18. The van der Waals surface area contributed by atoms with Crippen molar-refractivity contribution in [3.05, 3.63) is 47.3 Å². The zero-order valence-electron chi connectivity index (χ0n) is 18.0. The lowest BCUT2D eigenvalue weighted by atomic mass is 9.96. The van der Waals surface area contributed by atoms with Crippen molar-refractivity contribution in [2.45, 2.75) is 46.2 Å². The van der Waals surface area contributed by atoms with Crippen LogP contribution in [0.2, 0.25) is 0 Å². The van der Waals surface area contributed by atoms with Crippen LogP contribution < -0.4 is 4.74 Å². The van der Waals surface area contributed by atoms with Crippen LogP contribution in [0.5, 0.6) is 5.75 Å². The van der Waals surface area contributed by atoms with E-state index in [9.17, 15) is 0 Å². The van der Waals surface area contributed by atoms with E-state index in [4.69, 9.17) is 4.74 Å². The summed E-state index contributed by atoms with van der Waals surface area (Å²) in [5, 5.41) is 4.65. The molecule has 5 nitrogen and oxygen atoms in total. The van der Waals surface area contributed by atoms with Gasteiger partial charge in [-0.05, 0) is 76.9 Å². The molecule has 0 N–H and O–H groups in total. The molecule has 1 aromatic heterocycles. The van der Waals surface area contributed by atoms with Crippen molar-refractivity contribution in [1.82, 2.24) is 19.6 Å². The van der Waals surface area contributed by atoms with E-state index in [1.165, 1.54) is 49.3 Å². The summed E-state index contributed by atoms with van der Waals surface area (Å²) in [4.78, 5) is 5.10. The van der Waals surface area contributed by atoms with Crippen molar-refractivity contribution in [3.8, 4) is 5.75 Å². The van der Waals surface area contributed by atoms with Gasteiger partial charge >= 0.3 is 0 Å². The van der Waals surface area contributed by atoms with E-state index in [0.717, 1.165) is 37.7 Å². The molecular weight excluding hydrogens is 348 g/mol. The molecule has 0 aliphatic carbocycles. The minimum absolute atomic E-state index is 0.800. The van der Waals surface area contributed by atoms with E-state index in [-0.39, 0.29) is 0 Å². The maximum absolute atomic E-state index is 5.29. The molecule has 2 aromatic rings. The van der Waals surface area contributed by atoms with E-state index in [1.54, 1.807) is 7.11 Å². The first-order chi connectivity index (χ1) is 13.6. The Morgan fingerprint density at radius 2 is 1.89 bits per heavy atom. The van der Waals surface area contributed by atoms with Crippen LogP contribution in [-0.2, 0) is 19.5 Å². The number of piperidine rings is 1. The number of benzene rings is 1. The van der Waals surface area contributed by atoms with Gasteiger partial charge in [0.2, 0.25) is 0 Å². The molecule has 1 aliphatic rings. The van der Waals surface area contributed by atoms with Crippen LogP contribution >= 0.6 is 0 Å². The quantitative estimate of drug-likeness (QED) is 0.661. The van der Waals surface area contributed by atoms with E-state index < -0.39 is 0 Å². The van der Waals surface area contributed by atoms with Crippen LogP contribution in [0.3, 0.4) is 0 Å². The molecule has 0 radical (unpaired) electrons. The summed E-state index contributed by atoms with van der Waals surface area (Å²) in [6, 6.07) is 8.50. The van der Waals surface area contributed by atoms with E-state index in [1.807, 2.05) is 0 Å². The van der Waals surface area contributed by atoms with Crippen LogP contribution in [0.4, 0.5) is 0 Å². The Morgan fingerprint density at radius 3 is 2.50 bits per heavy atom. The number of hydrogen-bond acceptors (Lipinski definition) is 4. The summed E-state index contributed by atoms with van der Waals surface area (Å²) in [7, 11) is 3.96. The highest BCUT2D eigenvalue weighted by Gasteiger charge is 2.20. The number of nitrogens with zero attached hydrogens (tertiary/aromatic N) is 4. The molecule has 0 bridgehead atoms. The van der Waals surface area contributed by atoms with Gasteiger partial charge in [-0.25, -0.2) is 0 Å². The van der Waals surface area contributed by atoms with Crippen molar-refractivity contribution in [1.29, 1.82) is 0 Å². The van der Waals surface area contributed by atoms with E-state index in [2.05, 4.69) is 70.9 Å². The molecule has 0 atom stereocenters. The highest BCUT2D eigenvalue weighted by atomic mass is 16.5. The zero-order chi connectivity index (χ0) is 19.9. The molecule has 2 heterocycles. The highest BCUT2D eigenvalue weighted by Crippen LogP contribution is 2.20. The lowest BCUT2D eigenvalue weighted by molar-refractivity contribution is 0.156. The SMILES string of the molecule is CCn1cc(CN(CCc2ccc(OC)cc2)CC2CCN(C)CC2)c(C)n1. The molecule has 0 amide bonds. The molecular formula is C23H36N4O. The molecule has 3 rings (SSSR count). The van der Waals surface area contributed by atoms with E-state index in [0.29, 0.717) is 0 Å². The average Bonchev–Trinajstić information content (AvgIpc) is 3.07.